The third-order valence-corrected chi connectivity index (χ3v) is 3.98. The standard InChI is InChI=1S/C19H22N6O2/c1-25(11-13-4-7-17(20)21-10-13)19-9-18(22-12-23-19)24-15-6-5-14(26-2)8-16(15)27-3/h4-10,12H,11H2,1-3H3,(H2,20,21)(H,22,23,24). The first-order valence-electron chi connectivity index (χ1n) is 8.31. The highest BCUT2D eigenvalue weighted by Gasteiger charge is 2.09. The van der Waals surface area contributed by atoms with Crippen LogP contribution in [0.1, 0.15) is 5.56 Å². The van der Waals surface area contributed by atoms with Gasteiger partial charge in [-0.2, -0.15) is 0 Å². The average molecular weight is 366 g/mol. The van der Waals surface area contributed by atoms with Gasteiger partial charge in [-0.1, -0.05) is 6.07 Å². The summed E-state index contributed by atoms with van der Waals surface area (Å²) < 4.78 is 10.6. The Hall–Kier alpha value is -3.55. The van der Waals surface area contributed by atoms with Crippen molar-refractivity contribution in [3.8, 4) is 11.5 Å². The fourth-order valence-electron chi connectivity index (χ4n) is 2.55. The molecule has 27 heavy (non-hydrogen) atoms. The molecule has 8 heteroatoms. The Kier molecular flexibility index (Phi) is 5.55. The second-order valence-corrected chi connectivity index (χ2v) is 5.90. The van der Waals surface area contributed by atoms with Crippen LogP contribution in [-0.2, 0) is 6.54 Å². The molecule has 0 unspecified atom stereocenters. The summed E-state index contributed by atoms with van der Waals surface area (Å²) in [4.78, 5) is 14.8. The largest absolute Gasteiger partial charge is 0.497 e. The molecule has 3 rings (SSSR count). The predicted octanol–water partition coefficient (Wildman–Crippen LogP) is 2.85. The van der Waals surface area contributed by atoms with Crippen molar-refractivity contribution in [2.45, 2.75) is 6.54 Å². The Bertz CT molecular complexity index is 901. The highest BCUT2D eigenvalue weighted by atomic mass is 16.5. The van der Waals surface area contributed by atoms with Gasteiger partial charge in [-0.15, -0.1) is 0 Å². The molecule has 0 atom stereocenters. The molecule has 140 valence electrons. The minimum Gasteiger partial charge on any atom is -0.497 e. The zero-order valence-corrected chi connectivity index (χ0v) is 15.5. The van der Waals surface area contributed by atoms with Crippen molar-refractivity contribution in [2.24, 2.45) is 0 Å². The number of nitrogen functional groups attached to an aromatic ring is 1. The number of methoxy groups -OCH3 is 2. The van der Waals surface area contributed by atoms with E-state index in [2.05, 4.69) is 20.3 Å². The summed E-state index contributed by atoms with van der Waals surface area (Å²) in [5.41, 5.74) is 7.46. The molecule has 2 heterocycles. The Morgan fingerprint density at radius 3 is 2.59 bits per heavy atom. The van der Waals surface area contributed by atoms with Crippen molar-refractivity contribution >= 4 is 23.1 Å². The molecule has 8 nitrogen and oxygen atoms in total. The van der Waals surface area contributed by atoms with E-state index < -0.39 is 0 Å². The van der Waals surface area contributed by atoms with Crippen LogP contribution in [0.15, 0.2) is 48.9 Å². The molecule has 2 aromatic heterocycles. The van der Waals surface area contributed by atoms with Gasteiger partial charge in [-0.25, -0.2) is 15.0 Å². The van der Waals surface area contributed by atoms with Crippen molar-refractivity contribution in [1.29, 1.82) is 0 Å². The first-order valence-corrected chi connectivity index (χ1v) is 8.31. The van der Waals surface area contributed by atoms with Crippen molar-refractivity contribution in [3.63, 3.8) is 0 Å². The number of nitrogens with zero attached hydrogens (tertiary/aromatic N) is 4. The summed E-state index contributed by atoms with van der Waals surface area (Å²) in [6.45, 7) is 0.648. The molecular formula is C19H22N6O2. The molecule has 0 aliphatic heterocycles. The summed E-state index contributed by atoms with van der Waals surface area (Å²) in [6, 6.07) is 11.1. The van der Waals surface area contributed by atoms with E-state index in [0.29, 0.717) is 23.9 Å². The molecule has 0 aliphatic rings. The number of hydrogen-bond donors (Lipinski definition) is 2. The van der Waals surface area contributed by atoms with E-state index in [0.717, 1.165) is 22.8 Å². The average Bonchev–Trinajstić information content (AvgIpc) is 2.70. The monoisotopic (exact) mass is 366 g/mol. The van der Waals surface area contributed by atoms with Gasteiger partial charge >= 0.3 is 0 Å². The van der Waals surface area contributed by atoms with Gasteiger partial charge in [-0.05, 0) is 23.8 Å². The second-order valence-electron chi connectivity index (χ2n) is 5.90. The number of pyridine rings is 1. The van der Waals surface area contributed by atoms with Crippen molar-refractivity contribution in [3.05, 3.63) is 54.5 Å². The maximum atomic E-state index is 5.63. The van der Waals surface area contributed by atoms with Gasteiger partial charge in [0.15, 0.2) is 0 Å². The lowest BCUT2D eigenvalue weighted by Crippen LogP contribution is -2.18. The van der Waals surface area contributed by atoms with Gasteiger partial charge < -0.3 is 25.4 Å². The summed E-state index contributed by atoms with van der Waals surface area (Å²) in [6.07, 6.45) is 3.28. The van der Waals surface area contributed by atoms with E-state index in [4.69, 9.17) is 15.2 Å². The van der Waals surface area contributed by atoms with Crippen LogP contribution in [0.25, 0.3) is 0 Å². The van der Waals surface area contributed by atoms with Gasteiger partial charge in [0.2, 0.25) is 0 Å². The van der Waals surface area contributed by atoms with Gasteiger partial charge in [0.1, 0.15) is 35.3 Å². The van der Waals surface area contributed by atoms with Crippen molar-refractivity contribution < 1.29 is 9.47 Å². The molecule has 3 N–H and O–H groups in total. The summed E-state index contributed by atoms with van der Waals surface area (Å²) >= 11 is 0. The summed E-state index contributed by atoms with van der Waals surface area (Å²) in [5, 5.41) is 3.25. The SMILES string of the molecule is COc1ccc(Nc2cc(N(C)Cc3ccc(N)nc3)ncn2)c(OC)c1. The zero-order valence-electron chi connectivity index (χ0n) is 15.5. The van der Waals surface area contributed by atoms with Crippen LogP contribution in [0.4, 0.5) is 23.1 Å². The number of hydrogen-bond acceptors (Lipinski definition) is 8. The molecule has 0 saturated carbocycles. The van der Waals surface area contributed by atoms with E-state index in [-0.39, 0.29) is 0 Å². The minimum atomic E-state index is 0.503. The van der Waals surface area contributed by atoms with Crippen LogP contribution >= 0.6 is 0 Å². The fourth-order valence-corrected chi connectivity index (χ4v) is 2.55. The molecule has 0 amide bonds. The lowest BCUT2D eigenvalue weighted by molar-refractivity contribution is 0.395. The number of nitrogens with one attached hydrogen (secondary N) is 1. The van der Waals surface area contributed by atoms with Gasteiger partial charge in [-0.3, -0.25) is 0 Å². The predicted molar refractivity (Wildman–Crippen MR) is 106 cm³/mol. The van der Waals surface area contributed by atoms with Crippen molar-refractivity contribution in [1.82, 2.24) is 15.0 Å². The number of nitrogens with two attached hydrogens (primary N) is 1. The van der Waals surface area contributed by atoms with E-state index in [1.54, 1.807) is 26.5 Å². The summed E-state index contributed by atoms with van der Waals surface area (Å²) in [5.74, 6) is 3.32. The minimum absolute atomic E-state index is 0.503. The highest BCUT2D eigenvalue weighted by molar-refractivity contribution is 5.67. The van der Waals surface area contributed by atoms with Gasteiger partial charge in [0.05, 0.1) is 19.9 Å². The van der Waals surface area contributed by atoms with Crippen LogP contribution in [0, 0.1) is 0 Å². The Morgan fingerprint density at radius 2 is 1.89 bits per heavy atom. The normalized spacial score (nSPS) is 10.3. The van der Waals surface area contributed by atoms with Gasteiger partial charge in [0, 0.05) is 31.9 Å². The maximum Gasteiger partial charge on any atom is 0.146 e. The van der Waals surface area contributed by atoms with Crippen LogP contribution in [-0.4, -0.2) is 36.2 Å². The Balaban J connectivity index is 1.76. The molecule has 0 spiro atoms. The number of rotatable bonds is 7. The van der Waals surface area contributed by atoms with E-state index in [9.17, 15) is 0 Å². The van der Waals surface area contributed by atoms with Crippen LogP contribution in [0.2, 0.25) is 0 Å². The van der Waals surface area contributed by atoms with E-state index in [1.807, 2.05) is 42.3 Å². The van der Waals surface area contributed by atoms with Crippen LogP contribution in [0.3, 0.4) is 0 Å². The van der Waals surface area contributed by atoms with Crippen LogP contribution < -0.4 is 25.4 Å². The molecular weight excluding hydrogens is 344 g/mol. The fraction of sp³-hybridized carbons (Fsp3) is 0.211. The highest BCUT2D eigenvalue weighted by Crippen LogP contribution is 2.31. The first kappa shape index (κ1) is 18.2. The lowest BCUT2D eigenvalue weighted by Gasteiger charge is -2.19. The molecule has 1 aromatic carbocycles. The number of aromatic nitrogens is 3. The molecule has 0 fully saturated rings. The zero-order chi connectivity index (χ0) is 19.2. The second kappa shape index (κ2) is 8.22. The molecule has 0 aliphatic carbocycles. The number of benzene rings is 1. The topological polar surface area (TPSA) is 98.4 Å². The third-order valence-electron chi connectivity index (χ3n) is 3.98. The number of ether oxygens (including phenoxy) is 2. The molecule has 0 bridgehead atoms. The molecule has 0 saturated heterocycles. The third kappa shape index (κ3) is 4.55. The van der Waals surface area contributed by atoms with E-state index in [1.165, 1.54) is 6.33 Å². The summed E-state index contributed by atoms with van der Waals surface area (Å²) in [7, 11) is 5.18. The van der Waals surface area contributed by atoms with Crippen molar-refractivity contribution in [2.75, 3.05) is 37.2 Å². The quantitative estimate of drug-likeness (QED) is 0.659. The smallest absolute Gasteiger partial charge is 0.146 e. The lowest BCUT2D eigenvalue weighted by atomic mass is 10.2. The van der Waals surface area contributed by atoms with Crippen LogP contribution in [0.5, 0.6) is 11.5 Å². The molecule has 3 aromatic rings. The first-order chi connectivity index (χ1) is 13.1. The Labute approximate surface area is 158 Å². The van der Waals surface area contributed by atoms with Gasteiger partial charge in [0.25, 0.3) is 0 Å². The maximum absolute atomic E-state index is 5.63. The van der Waals surface area contributed by atoms with E-state index >= 15 is 0 Å². The Morgan fingerprint density at radius 1 is 1.04 bits per heavy atom. The number of anilines is 4. The molecule has 0 radical (unpaired) electrons.